The molecule has 0 amide bonds. The van der Waals surface area contributed by atoms with Crippen molar-refractivity contribution in [3.05, 3.63) is 12.2 Å². The first kappa shape index (κ1) is 6.71. The van der Waals surface area contributed by atoms with Crippen LogP contribution in [-0.4, -0.2) is 4.83 Å². The summed E-state index contributed by atoms with van der Waals surface area (Å²) in [4.78, 5) is 0.844. The molecule has 0 aromatic heterocycles. The monoisotopic (exact) mass is 212 g/mol. The molecule has 0 saturated heterocycles. The lowest BCUT2D eigenvalue weighted by molar-refractivity contribution is 0.294. The SMILES string of the molecule is Br[C@@H]1C[C@H]2C[C@H]1[C@H]1C=CC[C@H]21. The maximum Gasteiger partial charge on any atom is 0.0182 e. The van der Waals surface area contributed by atoms with E-state index in [2.05, 4.69) is 28.1 Å². The standard InChI is InChI=1S/C10H13Br/c11-10-5-6-4-9(10)8-3-1-2-7(6)8/h1,3,6-10H,2,4-5H2/t6-,7-,8+,9+,10-/m1/s1. The van der Waals surface area contributed by atoms with E-state index in [9.17, 15) is 0 Å². The summed E-state index contributed by atoms with van der Waals surface area (Å²) < 4.78 is 0. The zero-order valence-corrected chi connectivity index (χ0v) is 8.13. The number of hydrogen-bond acceptors (Lipinski definition) is 0. The normalized spacial score (nSPS) is 58.8. The Kier molecular flexibility index (Phi) is 1.30. The predicted molar refractivity (Wildman–Crippen MR) is 49.7 cm³/mol. The maximum absolute atomic E-state index is 3.80. The molecule has 0 heterocycles. The Morgan fingerprint density at radius 1 is 1.18 bits per heavy atom. The van der Waals surface area contributed by atoms with Gasteiger partial charge in [0.1, 0.15) is 0 Å². The Morgan fingerprint density at radius 2 is 2.09 bits per heavy atom. The molecule has 0 unspecified atom stereocenters. The minimum absolute atomic E-state index is 0.844. The first-order valence-corrected chi connectivity index (χ1v) is 5.58. The number of halogens is 1. The molecule has 3 aliphatic rings. The lowest BCUT2D eigenvalue weighted by Crippen LogP contribution is -2.24. The van der Waals surface area contributed by atoms with Crippen molar-refractivity contribution in [3.63, 3.8) is 0 Å². The average molecular weight is 213 g/mol. The fraction of sp³-hybridized carbons (Fsp3) is 0.800. The van der Waals surface area contributed by atoms with Gasteiger partial charge >= 0.3 is 0 Å². The molecule has 1 heteroatoms. The van der Waals surface area contributed by atoms with Crippen LogP contribution in [0.15, 0.2) is 12.2 Å². The maximum atomic E-state index is 3.80. The summed E-state index contributed by atoms with van der Waals surface area (Å²) in [5.41, 5.74) is 0. The lowest BCUT2D eigenvalue weighted by Gasteiger charge is -2.27. The van der Waals surface area contributed by atoms with Gasteiger partial charge in [-0.05, 0) is 42.9 Å². The summed E-state index contributed by atoms with van der Waals surface area (Å²) in [5.74, 6) is 4.06. The van der Waals surface area contributed by atoms with Crippen molar-refractivity contribution in [2.45, 2.75) is 24.1 Å². The van der Waals surface area contributed by atoms with Crippen LogP contribution in [0.5, 0.6) is 0 Å². The van der Waals surface area contributed by atoms with E-state index < -0.39 is 0 Å². The Labute approximate surface area is 76.2 Å². The summed E-state index contributed by atoms with van der Waals surface area (Å²) in [6, 6.07) is 0. The van der Waals surface area contributed by atoms with Gasteiger partial charge in [0, 0.05) is 4.83 Å². The summed E-state index contributed by atoms with van der Waals surface area (Å²) in [7, 11) is 0. The van der Waals surface area contributed by atoms with Crippen LogP contribution in [0.25, 0.3) is 0 Å². The van der Waals surface area contributed by atoms with Crippen molar-refractivity contribution in [3.8, 4) is 0 Å². The third-order valence-corrected chi connectivity index (χ3v) is 4.98. The first-order valence-electron chi connectivity index (χ1n) is 4.67. The minimum Gasteiger partial charge on any atom is -0.0887 e. The number of rotatable bonds is 0. The third kappa shape index (κ3) is 0.756. The molecule has 0 aromatic rings. The number of allylic oxidation sites excluding steroid dienone is 2. The smallest absolute Gasteiger partial charge is 0.0182 e. The van der Waals surface area contributed by atoms with Gasteiger partial charge in [0.25, 0.3) is 0 Å². The van der Waals surface area contributed by atoms with Crippen molar-refractivity contribution in [2.75, 3.05) is 0 Å². The van der Waals surface area contributed by atoms with Gasteiger partial charge in [-0.15, -0.1) is 0 Å². The second-order valence-corrected chi connectivity index (χ2v) is 5.49. The molecule has 0 radical (unpaired) electrons. The van der Waals surface area contributed by atoms with E-state index >= 15 is 0 Å². The molecule has 3 aliphatic carbocycles. The molecule has 2 saturated carbocycles. The zero-order chi connectivity index (χ0) is 7.42. The van der Waals surface area contributed by atoms with Crippen LogP contribution >= 0.6 is 15.9 Å². The van der Waals surface area contributed by atoms with Crippen molar-refractivity contribution in [2.24, 2.45) is 23.7 Å². The van der Waals surface area contributed by atoms with Crippen molar-refractivity contribution in [1.82, 2.24) is 0 Å². The minimum atomic E-state index is 0.844. The molecule has 0 nitrogen and oxygen atoms in total. The molecule has 3 rings (SSSR count). The van der Waals surface area contributed by atoms with Gasteiger partial charge in [-0.2, -0.15) is 0 Å². The quantitative estimate of drug-likeness (QED) is 0.428. The Balaban J connectivity index is 1.94. The van der Waals surface area contributed by atoms with E-state index in [0.29, 0.717) is 0 Å². The van der Waals surface area contributed by atoms with Gasteiger partial charge in [0.15, 0.2) is 0 Å². The molecule has 11 heavy (non-hydrogen) atoms. The fourth-order valence-corrected chi connectivity index (χ4v) is 4.51. The Hall–Kier alpha value is 0.220. The Morgan fingerprint density at radius 3 is 3.00 bits per heavy atom. The summed E-state index contributed by atoms with van der Waals surface area (Å²) in [5, 5.41) is 0. The van der Waals surface area contributed by atoms with E-state index in [0.717, 1.165) is 28.5 Å². The van der Waals surface area contributed by atoms with E-state index in [1.165, 1.54) is 19.3 Å². The third-order valence-electron chi connectivity index (χ3n) is 3.93. The lowest BCUT2D eigenvalue weighted by atomic mass is 9.81. The van der Waals surface area contributed by atoms with Crippen LogP contribution in [0.2, 0.25) is 0 Å². The summed E-state index contributed by atoms with van der Waals surface area (Å²) in [6.45, 7) is 0. The van der Waals surface area contributed by atoms with Gasteiger partial charge in [0.2, 0.25) is 0 Å². The van der Waals surface area contributed by atoms with Crippen molar-refractivity contribution < 1.29 is 0 Å². The molecule has 60 valence electrons. The highest BCUT2D eigenvalue weighted by molar-refractivity contribution is 9.09. The number of hydrogen-bond donors (Lipinski definition) is 0. The molecular formula is C10H13Br. The molecule has 0 aromatic carbocycles. The van der Waals surface area contributed by atoms with Gasteiger partial charge < -0.3 is 0 Å². The van der Waals surface area contributed by atoms with E-state index in [1.807, 2.05) is 0 Å². The van der Waals surface area contributed by atoms with Crippen LogP contribution < -0.4 is 0 Å². The van der Waals surface area contributed by atoms with Crippen LogP contribution in [-0.2, 0) is 0 Å². The van der Waals surface area contributed by atoms with Crippen molar-refractivity contribution in [1.29, 1.82) is 0 Å². The highest BCUT2D eigenvalue weighted by atomic mass is 79.9. The van der Waals surface area contributed by atoms with E-state index in [1.54, 1.807) is 0 Å². The predicted octanol–water partition coefficient (Wildman–Crippen LogP) is 2.98. The molecular weight excluding hydrogens is 200 g/mol. The molecule has 2 bridgehead atoms. The van der Waals surface area contributed by atoms with E-state index in [-0.39, 0.29) is 0 Å². The topological polar surface area (TPSA) is 0 Å². The summed E-state index contributed by atoms with van der Waals surface area (Å²) >= 11 is 3.80. The summed E-state index contributed by atoms with van der Waals surface area (Å²) in [6.07, 6.45) is 9.22. The van der Waals surface area contributed by atoms with Gasteiger partial charge in [-0.1, -0.05) is 28.1 Å². The molecule has 0 spiro atoms. The van der Waals surface area contributed by atoms with Crippen LogP contribution in [0.1, 0.15) is 19.3 Å². The zero-order valence-electron chi connectivity index (χ0n) is 6.54. The van der Waals surface area contributed by atoms with Gasteiger partial charge in [-0.25, -0.2) is 0 Å². The molecule has 0 aliphatic heterocycles. The second-order valence-electron chi connectivity index (χ2n) is 4.32. The fourth-order valence-electron chi connectivity index (χ4n) is 3.46. The van der Waals surface area contributed by atoms with Gasteiger partial charge in [-0.3, -0.25) is 0 Å². The molecule has 2 fully saturated rings. The van der Waals surface area contributed by atoms with Crippen LogP contribution in [0.4, 0.5) is 0 Å². The van der Waals surface area contributed by atoms with Gasteiger partial charge in [0.05, 0.1) is 0 Å². The number of fused-ring (bicyclic) bond motifs is 5. The second kappa shape index (κ2) is 2.12. The van der Waals surface area contributed by atoms with Crippen molar-refractivity contribution >= 4 is 15.9 Å². The van der Waals surface area contributed by atoms with Crippen LogP contribution in [0.3, 0.4) is 0 Å². The highest BCUT2D eigenvalue weighted by Crippen LogP contribution is 2.58. The molecule has 5 atom stereocenters. The largest absolute Gasteiger partial charge is 0.0887 e. The number of alkyl halides is 1. The van der Waals surface area contributed by atoms with Crippen LogP contribution in [0, 0.1) is 23.7 Å². The highest BCUT2D eigenvalue weighted by Gasteiger charge is 2.51. The average Bonchev–Trinajstić information content (AvgIpc) is 2.52. The Bertz CT molecular complexity index is 209. The first-order chi connectivity index (χ1) is 5.36. The van der Waals surface area contributed by atoms with E-state index in [4.69, 9.17) is 0 Å². The molecule has 0 N–H and O–H groups in total.